The Labute approximate surface area is 209 Å². The van der Waals surface area contributed by atoms with Crippen molar-refractivity contribution in [1.82, 2.24) is 24.3 Å². The second-order valence-corrected chi connectivity index (χ2v) is 9.72. The summed E-state index contributed by atoms with van der Waals surface area (Å²) in [5, 5.41) is 12.3. The first kappa shape index (κ1) is 22.2. The van der Waals surface area contributed by atoms with E-state index in [1.165, 1.54) is 18.4 Å². The van der Waals surface area contributed by atoms with Crippen LogP contribution in [0.2, 0.25) is 0 Å². The Morgan fingerprint density at radius 3 is 2.69 bits per heavy atom. The molecule has 3 aromatic heterocycles. The van der Waals surface area contributed by atoms with Gasteiger partial charge in [0.15, 0.2) is 6.19 Å². The lowest BCUT2D eigenvalue weighted by Gasteiger charge is -2.27. The highest BCUT2D eigenvalue weighted by molar-refractivity contribution is 6.04. The van der Waals surface area contributed by atoms with Gasteiger partial charge in [0.05, 0.1) is 16.9 Å². The minimum absolute atomic E-state index is 0.172. The van der Waals surface area contributed by atoms with Crippen LogP contribution >= 0.6 is 0 Å². The van der Waals surface area contributed by atoms with Gasteiger partial charge in [-0.05, 0) is 68.4 Å². The zero-order valence-electron chi connectivity index (χ0n) is 20.2. The fourth-order valence-electron chi connectivity index (χ4n) is 5.14. The first-order chi connectivity index (χ1) is 17.6. The Kier molecular flexibility index (Phi) is 5.61. The molecule has 1 aliphatic heterocycles. The summed E-state index contributed by atoms with van der Waals surface area (Å²) in [5.74, 6) is 2.12. The molecule has 1 amide bonds. The van der Waals surface area contributed by atoms with Gasteiger partial charge in [0.25, 0.3) is 5.91 Å². The van der Waals surface area contributed by atoms with E-state index in [9.17, 15) is 10.1 Å². The van der Waals surface area contributed by atoms with Gasteiger partial charge in [0.2, 0.25) is 0 Å². The number of benzene rings is 1. The van der Waals surface area contributed by atoms with Crippen molar-refractivity contribution in [2.45, 2.75) is 44.4 Å². The number of nitrogens with zero attached hydrogens (tertiary/aromatic N) is 6. The number of carbonyl (C=O) groups excluding carboxylic acids is 1. The third-order valence-electron chi connectivity index (χ3n) is 7.19. The van der Waals surface area contributed by atoms with Crippen molar-refractivity contribution in [1.29, 1.82) is 5.26 Å². The quantitative estimate of drug-likeness (QED) is 0.411. The number of aromatic nitrogens is 4. The van der Waals surface area contributed by atoms with Crippen LogP contribution in [0.15, 0.2) is 55.0 Å². The van der Waals surface area contributed by atoms with Crippen molar-refractivity contribution >= 4 is 17.2 Å². The first-order valence-corrected chi connectivity index (χ1v) is 12.5. The van der Waals surface area contributed by atoms with Crippen LogP contribution in [0.3, 0.4) is 0 Å². The molecule has 2 aliphatic rings. The molecule has 1 aliphatic carbocycles. The van der Waals surface area contributed by atoms with Crippen LogP contribution in [-0.4, -0.2) is 43.2 Å². The van der Waals surface area contributed by atoms with E-state index in [4.69, 9.17) is 4.98 Å². The van der Waals surface area contributed by atoms with Crippen LogP contribution in [0, 0.1) is 18.4 Å². The number of likely N-dealkylation sites (tertiary alicyclic amines) is 1. The summed E-state index contributed by atoms with van der Waals surface area (Å²) in [6.07, 6.45) is 12.2. The molecule has 0 radical (unpaired) electrons. The molecule has 8 heteroatoms. The molecule has 1 saturated heterocycles. The monoisotopic (exact) mass is 477 g/mol. The second kappa shape index (κ2) is 9.08. The largest absolute Gasteiger partial charge is 0.310 e. The number of anilines is 1. The highest BCUT2D eigenvalue weighted by atomic mass is 16.1. The Hall–Kier alpha value is -4.25. The molecule has 4 aromatic rings. The van der Waals surface area contributed by atoms with Crippen molar-refractivity contribution in [3.8, 4) is 17.5 Å². The molecule has 180 valence electrons. The molecular formula is C28H27N7O. The number of rotatable bonds is 5. The number of nitrogens with one attached hydrogen (secondary N) is 1. The fraction of sp³-hybridized carbons (Fsp3) is 0.321. The summed E-state index contributed by atoms with van der Waals surface area (Å²) < 4.78 is 2.11. The lowest BCUT2D eigenvalue weighted by molar-refractivity contribution is 0.102. The maximum Gasteiger partial charge on any atom is 0.256 e. The number of piperidine rings is 1. The zero-order chi connectivity index (χ0) is 24.6. The first-order valence-electron chi connectivity index (χ1n) is 12.5. The van der Waals surface area contributed by atoms with Crippen LogP contribution in [0.4, 0.5) is 5.82 Å². The number of amides is 1. The number of pyridine rings is 1. The summed E-state index contributed by atoms with van der Waals surface area (Å²) in [6, 6.07) is 11.5. The van der Waals surface area contributed by atoms with Crippen molar-refractivity contribution in [2.24, 2.45) is 0 Å². The van der Waals surface area contributed by atoms with Crippen molar-refractivity contribution in [3.05, 3.63) is 77.6 Å². The maximum absolute atomic E-state index is 12.9. The molecule has 1 aromatic carbocycles. The Morgan fingerprint density at radius 2 is 1.92 bits per heavy atom. The average molecular weight is 478 g/mol. The van der Waals surface area contributed by atoms with E-state index in [-0.39, 0.29) is 11.8 Å². The molecule has 1 atom stereocenters. The number of imidazole rings is 1. The lowest BCUT2D eigenvalue weighted by atomic mass is 9.97. The van der Waals surface area contributed by atoms with Gasteiger partial charge in [0, 0.05) is 48.7 Å². The zero-order valence-corrected chi connectivity index (χ0v) is 20.2. The summed E-state index contributed by atoms with van der Waals surface area (Å²) in [5.41, 5.74) is 5.41. The van der Waals surface area contributed by atoms with Gasteiger partial charge in [-0.25, -0.2) is 9.97 Å². The number of fused-ring (bicyclic) bond motifs is 1. The predicted octanol–water partition coefficient (Wildman–Crippen LogP) is 4.89. The summed E-state index contributed by atoms with van der Waals surface area (Å²) in [6.45, 7) is 3.45. The Morgan fingerprint density at radius 1 is 1.08 bits per heavy atom. The van der Waals surface area contributed by atoms with E-state index in [1.807, 2.05) is 54.4 Å². The number of hydrogen-bond donors (Lipinski definition) is 1. The normalized spacial score (nSPS) is 17.7. The third kappa shape index (κ3) is 4.17. The topological polar surface area (TPSA) is 99.2 Å². The van der Waals surface area contributed by atoms with Gasteiger partial charge in [-0.1, -0.05) is 12.1 Å². The van der Waals surface area contributed by atoms with Crippen LogP contribution in [0.5, 0.6) is 0 Å². The van der Waals surface area contributed by atoms with Crippen LogP contribution in [-0.2, 0) is 0 Å². The molecule has 0 spiro atoms. The van der Waals surface area contributed by atoms with Crippen LogP contribution in [0.25, 0.3) is 16.8 Å². The van der Waals surface area contributed by atoms with Crippen molar-refractivity contribution in [2.75, 3.05) is 18.4 Å². The number of nitriles is 1. The van der Waals surface area contributed by atoms with Crippen molar-refractivity contribution in [3.63, 3.8) is 0 Å². The SMILES string of the molecule is Cc1nccn2c([C@@H]3CCCN(C#N)C3)nc(-c3ccc(C(=O)Nc4cc(C5CC5)ccn4)cc3)c12. The average Bonchev–Trinajstić information content (AvgIpc) is 3.69. The summed E-state index contributed by atoms with van der Waals surface area (Å²) >= 11 is 0. The minimum atomic E-state index is -0.186. The molecule has 0 bridgehead atoms. The fourth-order valence-corrected chi connectivity index (χ4v) is 5.14. The number of aryl methyl sites for hydroxylation is 1. The standard InChI is InChI=1S/C28H27N7O/c1-18-26-25(33-27(35(26)14-12-30-18)23-3-2-13-34(16-23)17-29)20-6-8-21(9-7-20)28(36)32-24-15-22(10-11-31-24)19-4-5-19/h6-12,14-15,19,23H,2-5,13,16H2,1H3,(H,31,32,36)/t23-/m1/s1. The highest BCUT2D eigenvalue weighted by Crippen LogP contribution is 2.40. The van der Waals surface area contributed by atoms with E-state index in [0.29, 0.717) is 23.8 Å². The van der Waals surface area contributed by atoms with E-state index >= 15 is 0 Å². The van der Waals surface area contributed by atoms with Gasteiger partial charge in [-0.15, -0.1) is 0 Å². The molecule has 1 saturated carbocycles. The highest BCUT2D eigenvalue weighted by Gasteiger charge is 2.27. The van der Waals surface area contributed by atoms with Gasteiger partial charge in [-0.2, -0.15) is 5.26 Å². The Balaban J connectivity index is 1.29. The summed E-state index contributed by atoms with van der Waals surface area (Å²) in [7, 11) is 0. The third-order valence-corrected chi connectivity index (χ3v) is 7.19. The molecular weight excluding hydrogens is 450 g/mol. The van der Waals surface area contributed by atoms with E-state index in [0.717, 1.165) is 47.7 Å². The maximum atomic E-state index is 12.9. The molecule has 6 rings (SSSR count). The van der Waals surface area contributed by atoms with Crippen molar-refractivity contribution < 1.29 is 4.79 Å². The summed E-state index contributed by atoms with van der Waals surface area (Å²) in [4.78, 5) is 28.6. The molecule has 4 heterocycles. The minimum Gasteiger partial charge on any atom is -0.310 e. The van der Waals surface area contributed by atoms with Gasteiger partial charge < -0.3 is 10.2 Å². The second-order valence-electron chi connectivity index (χ2n) is 9.72. The number of hydrogen-bond acceptors (Lipinski definition) is 6. The van der Waals surface area contributed by atoms with E-state index in [1.54, 1.807) is 12.4 Å². The predicted molar refractivity (Wildman–Crippen MR) is 136 cm³/mol. The molecule has 8 nitrogen and oxygen atoms in total. The van der Waals surface area contributed by atoms with E-state index < -0.39 is 0 Å². The molecule has 36 heavy (non-hydrogen) atoms. The number of carbonyl (C=O) groups is 1. The van der Waals surface area contributed by atoms with Crippen LogP contribution in [0.1, 0.15) is 65.0 Å². The Bertz CT molecular complexity index is 1480. The molecule has 2 fully saturated rings. The van der Waals surface area contributed by atoms with Gasteiger partial charge in [-0.3, -0.25) is 14.2 Å². The lowest BCUT2D eigenvalue weighted by Crippen LogP contribution is -2.31. The van der Waals surface area contributed by atoms with Crippen LogP contribution < -0.4 is 5.32 Å². The van der Waals surface area contributed by atoms with Gasteiger partial charge >= 0.3 is 0 Å². The van der Waals surface area contributed by atoms with Gasteiger partial charge in [0.1, 0.15) is 11.6 Å². The molecule has 0 unspecified atom stereocenters. The van der Waals surface area contributed by atoms with E-state index in [2.05, 4.69) is 25.9 Å². The molecule has 1 N–H and O–H groups in total. The smallest absolute Gasteiger partial charge is 0.256 e.